The van der Waals surface area contributed by atoms with Crippen molar-refractivity contribution >= 4 is 5.97 Å². The Morgan fingerprint density at radius 1 is 0.963 bits per heavy atom. The largest absolute Gasteiger partial charge is 0.461 e. The van der Waals surface area contributed by atoms with E-state index in [0.29, 0.717) is 5.92 Å². The van der Waals surface area contributed by atoms with Crippen molar-refractivity contribution in [3.63, 3.8) is 0 Å². The van der Waals surface area contributed by atoms with Crippen molar-refractivity contribution in [1.82, 2.24) is 0 Å². The van der Waals surface area contributed by atoms with Gasteiger partial charge in [0.1, 0.15) is 18.1 Å². The number of carbonyl (C=O) groups is 1. The molecule has 3 heteroatoms. The predicted octanol–water partition coefficient (Wildman–Crippen LogP) is 6.62. The second-order valence-electron chi connectivity index (χ2n) is 7.65. The third-order valence-electron chi connectivity index (χ3n) is 4.80. The van der Waals surface area contributed by atoms with Gasteiger partial charge in [-0.25, -0.2) is 0 Å². The summed E-state index contributed by atoms with van der Waals surface area (Å²) in [6, 6.07) is 17.4. The molecule has 0 saturated heterocycles. The lowest BCUT2D eigenvalue weighted by Gasteiger charge is -2.22. The molecule has 0 radical (unpaired) electrons. The Balaban J connectivity index is 1.94. The van der Waals surface area contributed by atoms with Crippen LogP contribution in [0.1, 0.15) is 52.5 Å². The molecule has 0 aliphatic heterocycles. The highest BCUT2D eigenvalue weighted by atomic mass is 16.5. The van der Waals surface area contributed by atoms with Crippen LogP contribution in [0.4, 0.5) is 0 Å². The average Bonchev–Trinajstić information content (AvgIpc) is 2.65. The van der Waals surface area contributed by atoms with E-state index in [9.17, 15) is 4.79 Å². The van der Waals surface area contributed by atoms with Crippen molar-refractivity contribution in [2.75, 3.05) is 0 Å². The number of hydrogen-bond acceptors (Lipinski definition) is 3. The predicted molar refractivity (Wildman–Crippen MR) is 110 cm³/mol. The Morgan fingerprint density at radius 3 is 2.33 bits per heavy atom. The third kappa shape index (κ3) is 7.09. The fourth-order valence-electron chi connectivity index (χ4n) is 3.27. The maximum atomic E-state index is 12.6. The van der Waals surface area contributed by atoms with Gasteiger partial charge in [0, 0.05) is 0 Å². The van der Waals surface area contributed by atoms with Crippen LogP contribution < -0.4 is 4.74 Å². The number of rotatable bonds is 10. The highest BCUT2D eigenvalue weighted by Gasteiger charge is 2.25. The van der Waals surface area contributed by atoms with Crippen LogP contribution in [0.3, 0.4) is 0 Å². The fourth-order valence-corrected chi connectivity index (χ4v) is 3.27. The molecular formula is C24H32O3. The van der Waals surface area contributed by atoms with E-state index in [2.05, 4.69) is 27.7 Å². The van der Waals surface area contributed by atoms with E-state index < -0.39 is 0 Å². The van der Waals surface area contributed by atoms with Gasteiger partial charge in [-0.3, -0.25) is 4.79 Å². The lowest BCUT2D eigenvalue weighted by molar-refractivity contribution is -0.152. The maximum Gasteiger partial charge on any atom is 0.309 e. The van der Waals surface area contributed by atoms with Gasteiger partial charge in [-0.05, 0) is 48.1 Å². The summed E-state index contributed by atoms with van der Waals surface area (Å²) in [7, 11) is 0. The quantitative estimate of drug-likeness (QED) is 0.442. The van der Waals surface area contributed by atoms with E-state index in [1.807, 2.05) is 54.6 Å². The van der Waals surface area contributed by atoms with Crippen molar-refractivity contribution in [3.05, 3.63) is 60.2 Å². The molecule has 146 valence electrons. The van der Waals surface area contributed by atoms with E-state index in [1.54, 1.807) is 0 Å². The van der Waals surface area contributed by atoms with Crippen molar-refractivity contribution in [3.8, 4) is 11.5 Å². The Labute approximate surface area is 163 Å². The number of esters is 1. The van der Waals surface area contributed by atoms with Gasteiger partial charge >= 0.3 is 5.97 Å². The van der Waals surface area contributed by atoms with Crippen LogP contribution >= 0.6 is 0 Å². The molecule has 2 aromatic rings. The number of ether oxygens (including phenoxy) is 2. The summed E-state index contributed by atoms with van der Waals surface area (Å²) in [5.41, 5.74) is 0.931. The molecule has 0 fully saturated rings. The first-order valence-electron chi connectivity index (χ1n) is 9.98. The number of benzene rings is 2. The van der Waals surface area contributed by atoms with E-state index in [4.69, 9.17) is 9.47 Å². The zero-order chi connectivity index (χ0) is 19.6. The molecule has 0 bridgehead atoms. The Kier molecular flexibility index (Phi) is 8.38. The summed E-state index contributed by atoms with van der Waals surface area (Å²) in [6.45, 7) is 8.87. The molecule has 3 nitrogen and oxygen atoms in total. The minimum Gasteiger partial charge on any atom is -0.461 e. The Bertz CT molecular complexity index is 694. The maximum absolute atomic E-state index is 12.6. The zero-order valence-electron chi connectivity index (χ0n) is 17.0. The fraction of sp³-hybridized carbons (Fsp3) is 0.458. The highest BCUT2D eigenvalue weighted by molar-refractivity contribution is 5.72. The van der Waals surface area contributed by atoms with Crippen LogP contribution in [0.5, 0.6) is 11.5 Å². The smallest absolute Gasteiger partial charge is 0.309 e. The van der Waals surface area contributed by atoms with Gasteiger partial charge in [0.25, 0.3) is 0 Å². The van der Waals surface area contributed by atoms with Gasteiger partial charge in [-0.1, -0.05) is 70.9 Å². The van der Waals surface area contributed by atoms with Gasteiger partial charge in [0.15, 0.2) is 0 Å². The molecule has 0 N–H and O–H groups in total. The van der Waals surface area contributed by atoms with Crippen LogP contribution in [0, 0.1) is 17.8 Å². The molecule has 0 saturated carbocycles. The van der Waals surface area contributed by atoms with Gasteiger partial charge in [-0.2, -0.15) is 0 Å². The second-order valence-corrected chi connectivity index (χ2v) is 7.65. The zero-order valence-corrected chi connectivity index (χ0v) is 17.0. The van der Waals surface area contributed by atoms with Crippen molar-refractivity contribution < 1.29 is 14.3 Å². The lowest BCUT2D eigenvalue weighted by atomic mass is 9.85. The van der Waals surface area contributed by atoms with Crippen molar-refractivity contribution in [2.45, 2.75) is 53.6 Å². The molecule has 2 atom stereocenters. The van der Waals surface area contributed by atoms with Gasteiger partial charge < -0.3 is 9.47 Å². The molecule has 2 rings (SSSR count). The Morgan fingerprint density at radius 2 is 1.67 bits per heavy atom. The summed E-state index contributed by atoms with van der Waals surface area (Å²) < 4.78 is 11.5. The number of hydrogen-bond donors (Lipinski definition) is 0. The SMILES string of the molecule is CCCC(C)CC(C(=O)OCc1cccc(Oc2ccccc2)c1)C(C)C. The first-order chi connectivity index (χ1) is 13.0. The molecule has 0 aliphatic rings. The minimum atomic E-state index is -0.0951. The van der Waals surface area contributed by atoms with Crippen LogP contribution in [0.25, 0.3) is 0 Å². The first-order valence-corrected chi connectivity index (χ1v) is 9.98. The molecule has 0 amide bonds. The van der Waals surface area contributed by atoms with Gasteiger partial charge in [0.05, 0.1) is 5.92 Å². The highest BCUT2D eigenvalue weighted by Crippen LogP contribution is 2.26. The summed E-state index contributed by atoms with van der Waals surface area (Å²) in [5, 5.41) is 0. The molecule has 2 unspecified atom stereocenters. The van der Waals surface area contributed by atoms with E-state index >= 15 is 0 Å². The van der Waals surface area contributed by atoms with Gasteiger partial charge in [0.2, 0.25) is 0 Å². The molecule has 27 heavy (non-hydrogen) atoms. The third-order valence-corrected chi connectivity index (χ3v) is 4.80. The molecule has 2 aromatic carbocycles. The summed E-state index contributed by atoms with van der Waals surface area (Å²) in [6.07, 6.45) is 3.19. The summed E-state index contributed by atoms with van der Waals surface area (Å²) >= 11 is 0. The molecule has 0 aromatic heterocycles. The molecule has 0 heterocycles. The van der Waals surface area contributed by atoms with Crippen LogP contribution in [-0.4, -0.2) is 5.97 Å². The summed E-state index contributed by atoms with van der Waals surface area (Å²) in [5.74, 6) is 2.21. The van der Waals surface area contributed by atoms with Crippen LogP contribution in [0.2, 0.25) is 0 Å². The number of carbonyl (C=O) groups excluding carboxylic acids is 1. The van der Waals surface area contributed by atoms with Crippen LogP contribution in [-0.2, 0) is 16.1 Å². The average molecular weight is 369 g/mol. The normalized spacial score (nSPS) is 13.2. The molecule has 0 aliphatic carbocycles. The molecular weight excluding hydrogens is 336 g/mol. The second kappa shape index (κ2) is 10.8. The lowest BCUT2D eigenvalue weighted by Crippen LogP contribution is -2.25. The van der Waals surface area contributed by atoms with Crippen LogP contribution in [0.15, 0.2) is 54.6 Å². The van der Waals surface area contributed by atoms with E-state index in [1.165, 1.54) is 0 Å². The topological polar surface area (TPSA) is 35.5 Å². The Hall–Kier alpha value is -2.29. The van der Waals surface area contributed by atoms with Gasteiger partial charge in [-0.15, -0.1) is 0 Å². The number of para-hydroxylation sites is 1. The van der Waals surface area contributed by atoms with Crippen molar-refractivity contribution in [2.24, 2.45) is 17.8 Å². The standard InChI is InChI=1S/C24H32O3/c1-5-10-19(4)15-23(18(2)3)24(25)26-17-20-11-9-14-22(16-20)27-21-12-7-6-8-13-21/h6-9,11-14,16,18-19,23H,5,10,15,17H2,1-4H3. The first kappa shape index (κ1) is 21.0. The minimum absolute atomic E-state index is 0.0460. The van der Waals surface area contributed by atoms with Crippen molar-refractivity contribution in [1.29, 1.82) is 0 Å². The molecule has 0 spiro atoms. The summed E-state index contributed by atoms with van der Waals surface area (Å²) in [4.78, 5) is 12.6. The van der Waals surface area contributed by atoms with E-state index in [-0.39, 0.29) is 24.4 Å². The van der Waals surface area contributed by atoms with E-state index in [0.717, 1.165) is 36.3 Å². The monoisotopic (exact) mass is 368 g/mol.